The van der Waals surface area contributed by atoms with E-state index in [2.05, 4.69) is 10.3 Å². The van der Waals surface area contributed by atoms with Gasteiger partial charge in [-0.15, -0.1) is 0 Å². The van der Waals surface area contributed by atoms with Crippen molar-refractivity contribution < 1.29 is 19.1 Å². The van der Waals surface area contributed by atoms with Crippen LogP contribution in [-0.4, -0.2) is 34.2 Å². The fourth-order valence-corrected chi connectivity index (χ4v) is 2.91. The molecule has 0 unspecified atom stereocenters. The summed E-state index contributed by atoms with van der Waals surface area (Å²) in [7, 11) is 0. The average molecular weight is 381 g/mol. The van der Waals surface area contributed by atoms with Crippen molar-refractivity contribution >= 4 is 17.7 Å². The van der Waals surface area contributed by atoms with Crippen LogP contribution in [0.2, 0.25) is 0 Å². The van der Waals surface area contributed by atoms with Crippen LogP contribution in [0.3, 0.4) is 0 Å². The number of hydrogen-bond donors (Lipinski definition) is 1. The number of imide groups is 1. The summed E-state index contributed by atoms with van der Waals surface area (Å²) in [5.41, 5.74) is 2.12. The Kier molecular flexibility index (Phi) is 6.37. The second-order valence-electron chi connectivity index (χ2n) is 6.57. The number of likely N-dealkylation sites (tertiary alicyclic amines) is 1. The summed E-state index contributed by atoms with van der Waals surface area (Å²) in [5, 5.41) is 2.86. The number of nitrogens with zero attached hydrogens (tertiary/aromatic N) is 2. The number of amides is 3. The predicted molar refractivity (Wildman–Crippen MR) is 102 cm³/mol. The molecule has 1 fully saturated rings. The van der Waals surface area contributed by atoms with E-state index < -0.39 is 0 Å². The lowest BCUT2D eigenvalue weighted by Crippen LogP contribution is -2.28. The maximum atomic E-state index is 12.4. The van der Waals surface area contributed by atoms with Crippen molar-refractivity contribution in [1.82, 2.24) is 15.2 Å². The van der Waals surface area contributed by atoms with Crippen LogP contribution < -0.4 is 10.1 Å². The third-order valence-corrected chi connectivity index (χ3v) is 4.44. The highest BCUT2D eigenvalue weighted by Crippen LogP contribution is 2.17. The van der Waals surface area contributed by atoms with Gasteiger partial charge in [0.2, 0.25) is 17.7 Å². The molecule has 0 saturated carbocycles. The Morgan fingerprint density at radius 1 is 1.14 bits per heavy atom. The Balaban J connectivity index is 1.58. The number of pyridine rings is 1. The molecule has 1 N–H and O–H groups in total. The number of benzene rings is 1. The molecule has 1 aromatic carbocycles. The minimum Gasteiger partial charge on any atom is -0.477 e. The van der Waals surface area contributed by atoms with Gasteiger partial charge in [-0.1, -0.05) is 25.1 Å². The third kappa shape index (κ3) is 4.73. The van der Waals surface area contributed by atoms with E-state index in [0.29, 0.717) is 24.6 Å². The molecule has 3 rings (SSSR count). The second kappa shape index (κ2) is 9.12. The number of hydrogen-bond acceptors (Lipinski definition) is 5. The first-order valence-electron chi connectivity index (χ1n) is 9.35. The fourth-order valence-electron chi connectivity index (χ4n) is 2.91. The smallest absolute Gasteiger partial charge is 0.251 e. The topological polar surface area (TPSA) is 88.6 Å². The molecule has 1 aliphatic heterocycles. The van der Waals surface area contributed by atoms with Crippen molar-refractivity contribution in [2.24, 2.45) is 0 Å². The van der Waals surface area contributed by atoms with Crippen LogP contribution in [0.15, 0.2) is 42.6 Å². The average Bonchev–Trinajstić information content (AvgIpc) is 3.03. The first-order valence-corrected chi connectivity index (χ1v) is 9.35. The monoisotopic (exact) mass is 381 g/mol. The minimum absolute atomic E-state index is 0.149. The Hall–Kier alpha value is -3.22. The van der Waals surface area contributed by atoms with Crippen LogP contribution in [0.1, 0.15) is 47.7 Å². The highest BCUT2D eigenvalue weighted by Gasteiger charge is 2.28. The van der Waals surface area contributed by atoms with E-state index in [4.69, 9.17) is 4.74 Å². The van der Waals surface area contributed by atoms with Gasteiger partial charge in [-0.2, -0.15) is 0 Å². The maximum absolute atomic E-state index is 12.4. The van der Waals surface area contributed by atoms with Gasteiger partial charge in [0, 0.05) is 36.7 Å². The standard InChI is InChI=1S/C21H23N3O4/c1-2-12-28-21-17(4-3-11-22-21)13-23-20(27)16-7-5-15(6-8-16)14-24-18(25)9-10-19(24)26/h3-8,11H,2,9-10,12-14H2,1H3,(H,23,27). The van der Waals surface area contributed by atoms with Gasteiger partial charge in [0.25, 0.3) is 5.91 Å². The van der Waals surface area contributed by atoms with Crippen molar-refractivity contribution in [1.29, 1.82) is 0 Å². The summed E-state index contributed by atoms with van der Waals surface area (Å²) >= 11 is 0. The molecule has 0 bridgehead atoms. The molecule has 3 amide bonds. The third-order valence-electron chi connectivity index (χ3n) is 4.44. The van der Waals surface area contributed by atoms with Crippen molar-refractivity contribution in [3.8, 4) is 5.88 Å². The van der Waals surface area contributed by atoms with Crippen LogP contribution in [0.25, 0.3) is 0 Å². The van der Waals surface area contributed by atoms with Crippen LogP contribution in [0.4, 0.5) is 0 Å². The van der Waals surface area contributed by atoms with Gasteiger partial charge in [0.1, 0.15) is 0 Å². The van der Waals surface area contributed by atoms with Gasteiger partial charge in [0.15, 0.2) is 0 Å². The molecule has 1 aliphatic rings. The van der Waals surface area contributed by atoms with Crippen LogP contribution >= 0.6 is 0 Å². The molecule has 28 heavy (non-hydrogen) atoms. The zero-order valence-electron chi connectivity index (χ0n) is 15.8. The van der Waals surface area contributed by atoms with Crippen molar-refractivity contribution in [3.05, 3.63) is 59.3 Å². The Bertz CT molecular complexity index is 848. The van der Waals surface area contributed by atoms with Crippen LogP contribution in [0.5, 0.6) is 5.88 Å². The predicted octanol–water partition coefficient (Wildman–Crippen LogP) is 2.45. The molecule has 146 valence electrons. The SMILES string of the molecule is CCCOc1ncccc1CNC(=O)c1ccc(CN2C(=O)CCC2=O)cc1. The lowest BCUT2D eigenvalue weighted by molar-refractivity contribution is -0.139. The number of carbonyl (C=O) groups excluding carboxylic acids is 3. The van der Waals surface area contributed by atoms with Gasteiger partial charge >= 0.3 is 0 Å². The van der Waals surface area contributed by atoms with E-state index >= 15 is 0 Å². The Morgan fingerprint density at radius 2 is 1.86 bits per heavy atom. The summed E-state index contributed by atoms with van der Waals surface area (Å²) < 4.78 is 5.60. The van der Waals surface area contributed by atoms with Gasteiger partial charge < -0.3 is 10.1 Å². The number of aromatic nitrogens is 1. The number of ether oxygens (including phenoxy) is 1. The second-order valence-corrected chi connectivity index (χ2v) is 6.57. The molecular formula is C21H23N3O4. The quantitative estimate of drug-likeness (QED) is 0.710. The minimum atomic E-state index is -0.217. The van der Waals surface area contributed by atoms with Crippen molar-refractivity contribution in [2.75, 3.05) is 6.61 Å². The summed E-state index contributed by atoms with van der Waals surface area (Å²) in [4.78, 5) is 41.3. The van der Waals surface area contributed by atoms with E-state index in [9.17, 15) is 14.4 Å². The maximum Gasteiger partial charge on any atom is 0.251 e. The number of carbonyl (C=O) groups is 3. The Labute approximate surface area is 163 Å². The highest BCUT2D eigenvalue weighted by molar-refractivity contribution is 6.01. The first kappa shape index (κ1) is 19.5. The zero-order chi connectivity index (χ0) is 19.9. The molecule has 0 atom stereocenters. The van der Waals surface area contributed by atoms with Crippen LogP contribution in [-0.2, 0) is 22.7 Å². The van der Waals surface area contributed by atoms with Crippen molar-refractivity contribution in [3.63, 3.8) is 0 Å². The largest absolute Gasteiger partial charge is 0.477 e. The van der Waals surface area contributed by atoms with Gasteiger partial charge in [-0.05, 0) is 30.2 Å². The number of rotatable bonds is 8. The first-order chi connectivity index (χ1) is 13.6. The molecule has 1 aromatic heterocycles. The van der Waals surface area contributed by atoms with E-state index in [-0.39, 0.29) is 37.1 Å². The summed E-state index contributed by atoms with van der Waals surface area (Å²) in [5.74, 6) is 0.0129. The summed E-state index contributed by atoms with van der Waals surface area (Å²) in [6, 6.07) is 10.6. The van der Waals surface area contributed by atoms with Gasteiger partial charge in [0.05, 0.1) is 13.2 Å². The normalized spacial score (nSPS) is 13.7. The molecular weight excluding hydrogens is 358 g/mol. The summed E-state index contributed by atoms with van der Waals surface area (Å²) in [6.07, 6.45) is 3.09. The highest BCUT2D eigenvalue weighted by atomic mass is 16.5. The van der Waals surface area contributed by atoms with E-state index in [1.807, 2.05) is 13.0 Å². The molecule has 7 heteroatoms. The zero-order valence-corrected chi connectivity index (χ0v) is 15.8. The summed E-state index contributed by atoms with van der Waals surface area (Å²) in [6.45, 7) is 3.14. The van der Waals surface area contributed by atoms with Gasteiger partial charge in [-0.3, -0.25) is 19.3 Å². The van der Waals surface area contributed by atoms with Gasteiger partial charge in [-0.25, -0.2) is 4.98 Å². The molecule has 2 aromatic rings. The molecule has 7 nitrogen and oxygen atoms in total. The lowest BCUT2D eigenvalue weighted by atomic mass is 10.1. The van der Waals surface area contributed by atoms with E-state index in [1.165, 1.54) is 4.90 Å². The molecule has 1 saturated heterocycles. The number of nitrogens with one attached hydrogen (secondary N) is 1. The Morgan fingerprint density at radius 3 is 2.54 bits per heavy atom. The fraction of sp³-hybridized carbons (Fsp3) is 0.333. The van der Waals surface area contributed by atoms with E-state index in [1.54, 1.807) is 36.5 Å². The lowest BCUT2D eigenvalue weighted by Gasteiger charge is -2.14. The molecule has 0 aliphatic carbocycles. The van der Waals surface area contributed by atoms with Crippen molar-refractivity contribution in [2.45, 2.75) is 39.3 Å². The molecule has 0 radical (unpaired) electrons. The molecule has 2 heterocycles. The van der Waals surface area contributed by atoms with Crippen LogP contribution in [0, 0.1) is 0 Å². The van der Waals surface area contributed by atoms with E-state index in [0.717, 1.165) is 17.5 Å². The molecule has 0 spiro atoms.